The molecule has 0 aliphatic carbocycles. The van der Waals surface area contributed by atoms with Crippen molar-refractivity contribution in [2.75, 3.05) is 0 Å². The molecule has 0 unspecified atom stereocenters. The molecule has 0 spiro atoms. The van der Waals surface area contributed by atoms with E-state index >= 15 is 0 Å². The summed E-state index contributed by atoms with van der Waals surface area (Å²) in [6, 6.07) is 0. The first kappa shape index (κ1) is 22.5. The predicted octanol–water partition coefficient (Wildman–Crippen LogP) is 0.310. The fraction of sp³-hybridized carbons (Fsp3) is 0. The van der Waals surface area contributed by atoms with Gasteiger partial charge in [-0.05, 0) is 0 Å². The molecule has 0 fully saturated rings. The Hall–Kier alpha value is 1.12. The molecule has 9 heavy (non-hydrogen) atoms. The molecule has 0 saturated heterocycles. The number of rotatable bonds is 0. The molecular weight excluding hydrogens is 530 g/mol. The first-order valence-electron chi connectivity index (χ1n) is 0.880. The maximum atomic E-state index is 7.50. The van der Waals surface area contributed by atoms with E-state index < -0.39 is 0 Å². The molecule has 0 aliphatic rings. The minimum absolute atomic E-state index is 0.357. The summed E-state index contributed by atoms with van der Waals surface area (Å²) in [4.78, 5) is 22.5. The molecule has 0 N–H and O–H groups in total. The van der Waals surface area contributed by atoms with E-state index in [2.05, 4.69) is 59.6 Å². The third-order valence-corrected chi connectivity index (χ3v) is 0. The van der Waals surface area contributed by atoms with Gasteiger partial charge in [0.25, 0.3) is 20.4 Å². The summed E-state index contributed by atoms with van der Waals surface area (Å²) in [5.41, 5.74) is 0. The molecular formula is C3HI2IrO3. The van der Waals surface area contributed by atoms with E-state index in [9.17, 15) is 0 Å². The summed E-state index contributed by atoms with van der Waals surface area (Å²) in [7, 11) is 0.357. The summed E-state index contributed by atoms with van der Waals surface area (Å²) >= 11 is 4.83. The molecule has 0 aromatic carbocycles. The van der Waals surface area contributed by atoms with Gasteiger partial charge in [-0.3, -0.25) is 14.4 Å². The predicted molar refractivity (Wildman–Crippen MR) is 46.5 cm³/mol. The van der Waals surface area contributed by atoms with Crippen molar-refractivity contribution >= 4 is 59.6 Å². The number of halogens is 2. The molecule has 0 atom stereocenters. The van der Waals surface area contributed by atoms with Gasteiger partial charge in [0, 0.05) is 0 Å². The molecule has 0 rings (SSSR count). The fourth-order valence-corrected chi connectivity index (χ4v) is 0. The first-order chi connectivity index (χ1) is 4.41. The zero-order valence-electron chi connectivity index (χ0n) is 3.83. The number of hydrogen-bond acceptors (Lipinski definition) is 3. The maximum absolute atomic E-state index is 7.50. The second kappa shape index (κ2) is 134. The Bertz CT molecular complexity index is 28.3. The van der Waals surface area contributed by atoms with Crippen LogP contribution >= 0.6 is 39.2 Å². The van der Waals surface area contributed by atoms with Gasteiger partial charge in [-0.2, -0.15) is 0 Å². The molecule has 3 nitrogen and oxygen atoms in total. The average Bonchev–Trinajstić information content (AvgIpc) is 2.01. The zero-order valence-corrected chi connectivity index (χ0v) is 10.7. The molecule has 6 radical (unpaired) electrons. The van der Waals surface area contributed by atoms with Crippen LogP contribution in [0.15, 0.2) is 0 Å². The third kappa shape index (κ3) is 369. The van der Waals surface area contributed by atoms with Crippen molar-refractivity contribution in [3.8, 4) is 0 Å². The Labute approximate surface area is 83.4 Å². The van der Waals surface area contributed by atoms with Gasteiger partial charge in [0.15, 0.2) is 0 Å². The standard InChI is InChI=1S/3CO.2HI.Ir.H/c3*1-2;;;;/h;;;2*1H;;/q;;;;;+2;/p-2. The summed E-state index contributed by atoms with van der Waals surface area (Å²) < 4.78 is 0. The summed E-state index contributed by atoms with van der Waals surface area (Å²) in [6.07, 6.45) is 0. The van der Waals surface area contributed by atoms with Crippen LogP contribution in [0.25, 0.3) is 0 Å². The van der Waals surface area contributed by atoms with Gasteiger partial charge in [-0.25, -0.2) is 0 Å². The normalized spacial score (nSPS) is 3.78. The van der Waals surface area contributed by atoms with Crippen molar-refractivity contribution in [1.82, 2.24) is 0 Å². The van der Waals surface area contributed by atoms with Gasteiger partial charge in [0.2, 0.25) is 0 Å². The summed E-state index contributed by atoms with van der Waals surface area (Å²) in [5, 5.41) is 0. The summed E-state index contributed by atoms with van der Waals surface area (Å²) in [5.74, 6) is 0. The van der Waals surface area contributed by atoms with Gasteiger partial charge >= 0.3 is 49.7 Å². The van der Waals surface area contributed by atoms with Crippen molar-refractivity contribution in [2.24, 2.45) is 0 Å². The Balaban J connectivity index is -0.0000000190. The van der Waals surface area contributed by atoms with Crippen LogP contribution in [0.2, 0.25) is 0 Å². The molecule has 0 amide bonds. The van der Waals surface area contributed by atoms with Gasteiger partial charge in [-0.1, -0.05) is 0 Å². The van der Waals surface area contributed by atoms with Crippen LogP contribution in [-0.2, 0) is 24.9 Å². The van der Waals surface area contributed by atoms with Crippen molar-refractivity contribution in [3.63, 3.8) is 0 Å². The Morgan fingerprint density at radius 2 is 0.778 bits per heavy atom. The van der Waals surface area contributed by atoms with Crippen LogP contribution in [0.1, 0.15) is 0 Å². The van der Waals surface area contributed by atoms with Crippen LogP contribution in [0.5, 0.6) is 0 Å². The first-order valence-corrected chi connectivity index (χ1v) is 15.3. The van der Waals surface area contributed by atoms with Crippen LogP contribution in [0.4, 0.5) is 0 Å². The average molecular weight is 531 g/mol. The van der Waals surface area contributed by atoms with Crippen molar-refractivity contribution in [3.05, 3.63) is 0 Å². The van der Waals surface area contributed by atoms with E-state index in [1.807, 2.05) is 0 Å². The fourth-order valence-electron chi connectivity index (χ4n) is 0. The van der Waals surface area contributed by atoms with E-state index in [4.69, 9.17) is 14.4 Å². The monoisotopic (exact) mass is 532 g/mol. The quantitative estimate of drug-likeness (QED) is 0.424. The zero-order chi connectivity index (χ0) is 8.71. The minimum atomic E-state index is 0.357. The molecule has 0 aromatic rings. The number of hydrogen-bond donors (Lipinski definition) is 0. The van der Waals surface area contributed by atoms with Gasteiger partial charge in [-0.15, -0.1) is 0 Å². The van der Waals surface area contributed by atoms with Crippen LogP contribution in [0, 0.1) is 0 Å². The van der Waals surface area contributed by atoms with E-state index in [1.54, 1.807) is 0 Å². The molecule has 0 aliphatic heterocycles. The second-order valence-corrected chi connectivity index (χ2v) is 18.6. The van der Waals surface area contributed by atoms with Crippen LogP contribution in [0.3, 0.4) is 0 Å². The third-order valence-electron chi connectivity index (χ3n) is 0. The molecule has 0 saturated carbocycles. The molecule has 6 heteroatoms. The Morgan fingerprint density at radius 3 is 0.778 bits per heavy atom. The molecule has 0 heterocycles. The SMILES string of the molecule is [C]=O.[C]=O.[C]=O.[I][IrH][I]. The molecule has 0 aromatic heterocycles. The van der Waals surface area contributed by atoms with E-state index in [0.717, 1.165) is 0 Å². The van der Waals surface area contributed by atoms with Crippen molar-refractivity contribution in [2.45, 2.75) is 0 Å². The van der Waals surface area contributed by atoms with Gasteiger partial charge in [0.1, 0.15) is 0 Å². The van der Waals surface area contributed by atoms with Gasteiger partial charge in [0.05, 0.1) is 0 Å². The van der Waals surface area contributed by atoms with E-state index in [-0.39, 0.29) is 0 Å². The Morgan fingerprint density at radius 1 is 0.778 bits per heavy atom. The van der Waals surface area contributed by atoms with Crippen LogP contribution < -0.4 is 0 Å². The number of carbonyl (C=O) groups excluding carboxylic acids is 3. The second-order valence-electron chi connectivity index (χ2n) is 0.0505. The van der Waals surface area contributed by atoms with Crippen LogP contribution in [-0.4, -0.2) is 20.4 Å². The van der Waals surface area contributed by atoms with E-state index in [0.29, 0.717) is 10.5 Å². The topological polar surface area (TPSA) is 51.2 Å². The molecule has 0 bridgehead atoms. The van der Waals surface area contributed by atoms with E-state index in [1.165, 1.54) is 0 Å². The molecule has 54 valence electrons. The van der Waals surface area contributed by atoms with Crippen molar-refractivity contribution in [1.29, 1.82) is 0 Å². The van der Waals surface area contributed by atoms with Gasteiger partial charge < -0.3 is 0 Å². The Kier molecular flexibility index (Phi) is 334. The van der Waals surface area contributed by atoms with Crippen molar-refractivity contribution < 1.29 is 24.9 Å². The summed E-state index contributed by atoms with van der Waals surface area (Å²) in [6.45, 7) is 13.5.